The molecule has 0 atom stereocenters. The van der Waals surface area contributed by atoms with Crippen LogP contribution >= 0.6 is 23.5 Å². The molecule has 4 heteroatoms. The molecule has 1 aromatic rings. The number of rotatable bonds is 10. The van der Waals surface area contributed by atoms with E-state index in [9.17, 15) is 4.79 Å². The number of Topliss-reactive ketones (excluding diaryl/α,β-unsaturated/α-hetero) is 1. The Balaban J connectivity index is 2.76. The van der Waals surface area contributed by atoms with Gasteiger partial charge in [0.25, 0.3) is 0 Å². The molecule has 0 saturated heterocycles. The van der Waals surface area contributed by atoms with E-state index in [4.69, 9.17) is 0 Å². The van der Waals surface area contributed by atoms with Crippen LogP contribution in [0.2, 0.25) is 0 Å². The van der Waals surface area contributed by atoms with E-state index in [0.717, 1.165) is 22.8 Å². The molecule has 1 rings (SSSR count). The second-order valence-corrected chi connectivity index (χ2v) is 9.92. The van der Waals surface area contributed by atoms with Crippen LogP contribution in [0, 0.1) is 5.92 Å². The summed E-state index contributed by atoms with van der Waals surface area (Å²) in [7, 11) is 0. The molecule has 23 heavy (non-hydrogen) atoms. The number of benzene rings is 1. The van der Waals surface area contributed by atoms with E-state index in [0.29, 0.717) is 16.5 Å². The summed E-state index contributed by atoms with van der Waals surface area (Å²) in [6.07, 6.45) is 0. The average Bonchev–Trinajstić information content (AvgIpc) is 2.46. The van der Waals surface area contributed by atoms with Gasteiger partial charge in [-0.25, -0.2) is 0 Å². The highest BCUT2D eigenvalue weighted by atomic mass is 32.2. The predicted octanol–water partition coefficient (Wildman–Crippen LogP) is 5.59. The molecule has 130 valence electrons. The van der Waals surface area contributed by atoms with Crippen LogP contribution in [0.4, 0.5) is 5.69 Å². The van der Waals surface area contributed by atoms with Gasteiger partial charge in [-0.1, -0.05) is 27.7 Å². The maximum Gasteiger partial charge on any atom is 0.167 e. The molecule has 0 unspecified atom stereocenters. The van der Waals surface area contributed by atoms with Crippen molar-refractivity contribution in [2.45, 2.75) is 58.1 Å². The second-order valence-electron chi connectivity index (χ2n) is 6.70. The minimum absolute atomic E-state index is 0.0960. The van der Waals surface area contributed by atoms with Gasteiger partial charge in [0.15, 0.2) is 5.78 Å². The van der Waals surface area contributed by atoms with Crippen LogP contribution in [0.3, 0.4) is 0 Å². The van der Waals surface area contributed by atoms with Crippen LogP contribution in [0.15, 0.2) is 24.3 Å². The van der Waals surface area contributed by atoms with E-state index in [2.05, 4.69) is 46.9 Å². The molecule has 0 aliphatic rings. The largest absolute Gasteiger partial charge is 0.383 e. The molecule has 0 fully saturated rings. The highest BCUT2D eigenvalue weighted by molar-refractivity contribution is 8.00. The van der Waals surface area contributed by atoms with E-state index in [1.807, 2.05) is 47.8 Å². The lowest BCUT2D eigenvalue weighted by molar-refractivity contribution is 0.0944. The molecule has 0 saturated carbocycles. The Morgan fingerprint density at radius 3 is 1.78 bits per heavy atom. The number of hydrogen-bond donors (Lipinski definition) is 1. The van der Waals surface area contributed by atoms with Crippen LogP contribution in [-0.4, -0.2) is 33.8 Å². The fraction of sp³-hybridized carbons (Fsp3) is 0.632. The number of carbonyl (C=O) groups is 1. The number of carbonyl (C=O) groups excluding carboxylic acids is 1. The SMILES string of the molecule is CC(C)Nc1ccc(C(=O)C(CSC(C)C)CSC(C)C)cc1. The Hall–Kier alpha value is -0.610. The third-order valence-electron chi connectivity index (χ3n) is 3.26. The maximum absolute atomic E-state index is 12.9. The van der Waals surface area contributed by atoms with Crippen molar-refractivity contribution in [3.8, 4) is 0 Å². The first-order chi connectivity index (χ1) is 10.8. The first-order valence-electron chi connectivity index (χ1n) is 8.43. The van der Waals surface area contributed by atoms with Gasteiger partial charge in [0.1, 0.15) is 0 Å². The summed E-state index contributed by atoms with van der Waals surface area (Å²) >= 11 is 3.76. The molecule has 2 nitrogen and oxygen atoms in total. The smallest absolute Gasteiger partial charge is 0.167 e. The van der Waals surface area contributed by atoms with Crippen LogP contribution in [0.1, 0.15) is 51.9 Å². The Labute approximate surface area is 150 Å². The molecule has 0 spiro atoms. The molecule has 0 heterocycles. The zero-order valence-corrected chi connectivity index (χ0v) is 16.9. The van der Waals surface area contributed by atoms with Gasteiger partial charge in [-0.3, -0.25) is 4.79 Å². The Kier molecular flexibility index (Phi) is 9.15. The van der Waals surface area contributed by atoms with Crippen molar-refractivity contribution in [1.82, 2.24) is 0 Å². The average molecular weight is 354 g/mol. The van der Waals surface area contributed by atoms with E-state index >= 15 is 0 Å². The van der Waals surface area contributed by atoms with Crippen LogP contribution < -0.4 is 5.32 Å². The molecule has 1 N–H and O–H groups in total. The number of anilines is 1. The summed E-state index contributed by atoms with van der Waals surface area (Å²) in [6.45, 7) is 13.0. The number of thioether (sulfide) groups is 2. The van der Waals surface area contributed by atoms with Crippen molar-refractivity contribution in [3.05, 3.63) is 29.8 Å². The highest BCUT2D eigenvalue weighted by Crippen LogP contribution is 2.24. The van der Waals surface area contributed by atoms with E-state index in [-0.39, 0.29) is 11.7 Å². The summed E-state index contributed by atoms with van der Waals surface area (Å²) in [5.41, 5.74) is 1.90. The molecule has 1 aromatic carbocycles. The van der Waals surface area contributed by atoms with Gasteiger partial charge in [0, 0.05) is 34.7 Å². The summed E-state index contributed by atoms with van der Waals surface area (Å²) in [5.74, 6) is 2.19. The van der Waals surface area contributed by atoms with Crippen LogP contribution in [-0.2, 0) is 0 Å². The predicted molar refractivity (Wildman–Crippen MR) is 108 cm³/mol. The second kappa shape index (κ2) is 10.3. The lowest BCUT2D eigenvalue weighted by atomic mass is 10.0. The summed E-state index contributed by atoms with van der Waals surface area (Å²) in [6, 6.07) is 8.33. The van der Waals surface area contributed by atoms with Gasteiger partial charge in [-0.05, 0) is 48.6 Å². The molecule has 0 bridgehead atoms. The monoisotopic (exact) mass is 353 g/mol. The van der Waals surface area contributed by atoms with Gasteiger partial charge in [0.2, 0.25) is 0 Å². The first-order valence-corrected chi connectivity index (χ1v) is 10.5. The zero-order chi connectivity index (χ0) is 17.4. The minimum atomic E-state index is 0.0960. The van der Waals surface area contributed by atoms with Crippen molar-refractivity contribution in [2.75, 3.05) is 16.8 Å². The standard InChI is InChI=1S/C19H31NOS2/c1-13(2)20-18-9-7-16(8-10-18)19(21)17(11-22-14(3)4)12-23-15(5)6/h7-10,13-15,17,20H,11-12H2,1-6H3. The normalized spacial score (nSPS) is 11.7. The van der Waals surface area contributed by atoms with E-state index in [1.54, 1.807) is 0 Å². The van der Waals surface area contributed by atoms with Gasteiger partial charge in [-0.15, -0.1) is 0 Å². The van der Waals surface area contributed by atoms with Crippen molar-refractivity contribution in [1.29, 1.82) is 0 Å². The van der Waals surface area contributed by atoms with Gasteiger partial charge < -0.3 is 5.32 Å². The fourth-order valence-corrected chi connectivity index (χ4v) is 4.04. The van der Waals surface area contributed by atoms with Gasteiger partial charge in [-0.2, -0.15) is 23.5 Å². The van der Waals surface area contributed by atoms with Gasteiger partial charge in [0.05, 0.1) is 0 Å². The Morgan fingerprint density at radius 2 is 1.39 bits per heavy atom. The van der Waals surface area contributed by atoms with E-state index in [1.165, 1.54) is 0 Å². The van der Waals surface area contributed by atoms with Crippen molar-refractivity contribution in [2.24, 2.45) is 5.92 Å². The molecule has 0 aliphatic carbocycles. The highest BCUT2D eigenvalue weighted by Gasteiger charge is 2.21. The summed E-state index contributed by atoms with van der Waals surface area (Å²) < 4.78 is 0. The van der Waals surface area contributed by atoms with Crippen LogP contribution in [0.25, 0.3) is 0 Å². The first kappa shape index (κ1) is 20.4. The molecular weight excluding hydrogens is 322 g/mol. The summed E-state index contributed by atoms with van der Waals surface area (Å²) in [5, 5.41) is 4.48. The molecule has 0 aromatic heterocycles. The third-order valence-corrected chi connectivity index (χ3v) is 5.78. The number of nitrogens with one attached hydrogen (secondary N) is 1. The lowest BCUT2D eigenvalue weighted by Crippen LogP contribution is -2.21. The zero-order valence-electron chi connectivity index (χ0n) is 15.3. The third kappa shape index (κ3) is 8.16. The van der Waals surface area contributed by atoms with E-state index < -0.39 is 0 Å². The fourth-order valence-electron chi connectivity index (χ4n) is 2.12. The number of ketones is 1. The minimum Gasteiger partial charge on any atom is -0.383 e. The van der Waals surface area contributed by atoms with Gasteiger partial charge >= 0.3 is 0 Å². The van der Waals surface area contributed by atoms with Crippen LogP contribution in [0.5, 0.6) is 0 Å². The molecule has 0 aliphatic heterocycles. The molecule has 0 radical (unpaired) electrons. The van der Waals surface area contributed by atoms with Crippen molar-refractivity contribution in [3.63, 3.8) is 0 Å². The maximum atomic E-state index is 12.9. The van der Waals surface area contributed by atoms with Crippen molar-refractivity contribution < 1.29 is 4.79 Å². The molecular formula is C19H31NOS2. The summed E-state index contributed by atoms with van der Waals surface area (Å²) in [4.78, 5) is 12.9. The Bertz CT molecular complexity index is 457. The van der Waals surface area contributed by atoms with Crippen molar-refractivity contribution >= 4 is 35.0 Å². The Morgan fingerprint density at radius 1 is 0.913 bits per heavy atom. The number of hydrogen-bond acceptors (Lipinski definition) is 4. The molecule has 0 amide bonds. The quantitative estimate of drug-likeness (QED) is 0.555. The topological polar surface area (TPSA) is 29.1 Å². The lowest BCUT2D eigenvalue weighted by Gasteiger charge is -2.18.